The highest BCUT2D eigenvalue weighted by atomic mass is 35.5. The van der Waals surface area contributed by atoms with E-state index in [1.54, 1.807) is 11.8 Å². The standard InChI is InChI=1S/C19H21ClF2N2O3S2/c1-29(26,27)24(15-7-8-17(21)18(22)11-15)12-19(25)23-9-4-10-28-13-14-5-2-3-6-16(14)20/h2-3,5-8,11H,4,9-10,12-13H2,1H3,(H,23,25). The average molecular weight is 463 g/mol. The van der Waals surface area contributed by atoms with E-state index >= 15 is 0 Å². The van der Waals surface area contributed by atoms with Crippen LogP contribution in [0.2, 0.25) is 5.02 Å². The van der Waals surface area contributed by atoms with Crippen LogP contribution in [0.15, 0.2) is 42.5 Å². The molecule has 0 aromatic heterocycles. The number of hydrogen-bond acceptors (Lipinski definition) is 4. The first-order chi connectivity index (χ1) is 13.7. The van der Waals surface area contributed by atoms with Crippen molar-refractivity contribution in [1.82, 2.24) is 5.32 Å². The minimum Gasteiger partial charge on any atom is -0.354 e. The Kier molecular flexibility index (Phi) is 8.73. The summed E-state index contributed by atoms with van der Waals surface area (Å²) in [5, 5.41) is 3.35. The minimum atomic E-state index is -3.85. The van der Waals surface area contributed by atoms with Crippen LogP contribution in [0.3, 0.4) is 0 Å². The van der Waals surface area contributed by atoms with Crippen molar-refractivity contribution in [2.75, 3.05) is 29.4 Å². The molecule has 0 heterocycles. The van der Waals surface area contributed by atoms with Crippen LogP contribution in [0.1, 0.15) is 12.0 Å². The van der Waals surface area contributed by atoms with Crippen molar-refractivity contribution in [1.29, 1.82) is 0 Å². The van der Waals surface area contributed by atoms with Crippen molar-refractivity contribution in [2.45, 2.75) is 12.2 Å². The molecule has 0 fully saturated rings. The van der Waals surface area contributed by atoms with Crippen LogP contribution in [0.4, 0.5) is 14.5 Å². The van der Waals surface area contributed by atoms with Gasteiger partial charge in [-0.2, -0.15) is 11.8 Å². The van der Waals surface area contributed by atoms with Crippen molar-refractivity contribution < 1.29 is 22.0 Å². The van der Waals surface area contributed by atoms with Crippen molar-refractivity contribution in [3.63, 3.8) is 0 Å². The van der Waals surface area contributed by atoms with E-state index in [2.05, 4.69) is 5.32 Å². The zero-order valence-corrected chi connectivity index (χ0v) is 18.1. The number of benzene rings is 2. The fourth-order valence-corrected chi connectivity index (χ4v) is 4.52. The third-order valence-corrected chi connectivity index (χ3v) is 6.48. The van der Waals surface area contributed by atoms with E-state index in [9.17, 15) is 22.0 Å². The number of nitrogens with zero attached hydrogens (tertiary/aromatic N) is 1. The lowest BCUT2D eigenvalue weighted by molar-refractivity contribution is -0.119. The third-order valence-electron chi connectivity index (χ3n) is 3.88. The Hall–Kier alpha value is -1.84. The summed E-state index contributed by atoms with van der Waals surface area (Å²) in [5.74, 6) is -1.28. The first kappa shape index (κ1) is 23.4. The van der Waals surface area contributed by atoms with Gasteiger partial charge in [0.15, 0.2) is 11.6 Å². The smallest absolute Gasteiger partial charge is 0.240 e. The summed E-state index contributed by atoms with van der Waals surface area (Å²) in [4.78, 5) is 12.1. The van der Waals surface area contributed by atoms with Gasteiger partial charge in [0.2, 0.25) is 15.9 Å². The van der Waals surface area contributed by atoms with Gasteiger partial charge in [-0.1, -0.05) is 29.8 Å². The second kappa shape index (κ2) is 10.8. The number of nitrogens with one attached hydrogen (secondary N) is 1. The Bertz CT molecular complexity index is 958. The Labute approximate surface area is 178 Å². The maximum absolute atomic E-state index is 13.4. The predicted molar refractivity (Wildman–Crippen MR) is 114 cm³/mol. The van der Waals surface area contributed by atoms with Crippen LogP contribution in [-0.4, -0.2) is 39.4 Å². The van der Waals surface area contributed by atoms with Crippen LogP contribution in [0.5, 0.6) is 0 Å². The van der Waals surface area contributed by atoms with E-state index in [-0.39, 0.29) is 5.69 Å². The highest BCUT2D eigenvalue weighted by Gasteiger charge is 2.21. The molecule has 0 saturated carbocycles. The molecule has 0 saturated heterocycles. The minimum absolute atomic E-state index is 0.114. The number of anilines is 1. The van der Waals surface area contributed by atoms with Crippen molar-refractivity contribution in [2.24, 2.45) is 0 Å². The molecule has 2 aromatic rings. The van der Waals surface area contributed by atoms with Gasteiger partial charge in [0.1, 0.15) is 6.54 Å². The lowest BCUT2D eigenvalue weighted by atomic mass is 10.2. The van der Waals surface area contributed by atoms with E-state index in [0.29, 0.717) is 18.0 Å². The zero-order chi connectivity index (χ0) is 21.4. The summed E-state index contributed by atoms with van der Waals surface area (Å²) < 4.78 is 51.2. The molecule has 2 aromatic carbocycles. The first-order valence-corrected chi connectivity index (χ1v) is 12.1. The Balaban J connectivity index is 1.80. The number of carbonyl (C=O) groups is 1. The van der Waals surface area contributed by atoms with Crippen molar-refractivity contribution in [3.05, 3.63) is 64.7 Å². The Morgan fingerprint density at radius 2 is 1.90 bits per heavy atom. The summed E-state index contributed by atoms with van der Waals surface area (Å²) in [6, 6.07) is 10.2. The molecular formula is C19H21ClF2N2O3S2. The molecular weight excluding hydrogens is 442 g/mol. The molecule has 0 bridgehead atoms. The SMILES string of the molecule is CS(=O)(=O)N(CC(=O)NCCCSCc1ccccc1Cl)c1ccc(F)c(F)c1. The molecule has 10 heteroatoms. The summed E-state index contributed by atoms with van der Waals surface area (Å²) in [7, 11) is -3.85. The summed E-state index contributed by atoms with van der Waals surface area (Å²) >= 11 is 7.76. The van der Waals surface area contributed by atoms with Gasteiger partial charge in [-0.05, 0) is 35.9 Å². The van der Waals surface area contributed by atoms with Gasteiger partial charge in [0.05, 0.1) is 11.9 Å². The second-order valence-corrected chi connectivity index (χ2v) is 9.63. The van der Waals surface area contributed by atoms with E-state index < -0.39 is 34.1 Å². The molecule has 1 amide bonds. The number of hydrogen-bond donors (Lipinski definition) is 1. The molecule has 29 heavy (non-hydrogen) atoms. The number of carbonyl (C=O) groups excluding carboxylic acids is 1. The van der Waals surface area contributed by atoms with Gasteiger partial charge in [0.25, 0.3) is 0 Å². The van der Waals surface area contributed by atoms with Gasteiger partial charge in [-0.15, -0.1) is 0 Å². The monoisotopic (exact) mass is 462 g/mol. The molecule has 2 rings (SSSR count). The second-order valence-electron chi connectivity index (χ2n) is 6.22. The number of rotatable bonds is 10. The highest BCUT2D eigenvalue weighted by molar-refractivity contribution is 7.98. The van der Waals surface area contributed by atoms with Gasteiger partial charge >= 0.3 is 0 Å². The molecule has 0 radical (unpaired) electrons. The summed E-state index contributed by atoms with van der Waals surface area (Å²) in [6.07, 6.45) is 1.58. The molecule has 0 spiro atoms. The fraction of sp³-hybridized carbons (Fsp3) is 0.316. The Morgan fingerprint density at radius 3 is 2.55 bits per heavy atom. The summed E-state index contributed by atoms with van der Waals surface area (Å²) in [5.41, 5.74) is 0.926. The molecule has 0 aliphatic carbocycles. The fourth-order valence-electron chi connectivity index (χ4n) is 2.43. The van der Waals surface area contributed by atoms with E-state index in [0.717, 1.165) is 45.8 Å². The molecule has 0 unspecified atom stereocenters. The van der Waals surface area contributed by atoms with Crippen LogP contribution in [0, 0.1) is 11.6 Å². The predicted octanol–water partition coefficient (Wildman–Crippen LogP) is 3.82. The average Bonchev–Trinajstić information content (AvgIpc) is 2.65. The zero-order valence-electron chi connectivity index (χ0n) is 15.7. The molecule has 0 atom stereocenters. The van der Waals surface area contributed by atoms with Gasteiger partial charge < -0.3 is 5.32 Å². The van der Waals surface area contributed by atoms with Crippen LogP contribution in [0.25, 0.3) is 0 Å². The van der Waals surface area contributed by atoms with Gasteiger partial charge in [0, 0.05) is 23.4 Å². The van der Waals surface area contributed by atoms with Crippen LogP contribution < -0.4 is 9.62 Å². The molecule has 158 valence electrons. The first-order valence-electron chi connectivity index (χ1n) is 8.69. The van der Waals surface area contributed by atoms with Crippen LogP contribution >= 0.6 is 23.4 Å². The molecule has 5 nitrogen and oxygen atoms in total. The molecule has 0 aliphatic heterocycles. The highest BCUT2D eigenvalue weighted by Crippen LogP contribution is 2.21. The van der Waals surface area contributed by atoms with E-state index in [1.807, 2.05) is 24.3 Å². The number of amides is 1. The third kappa shape index (κ3) is 7.49. The number of halogens is 3. The lowest BCUT2D eigenvalue weighted by Crippen LogP contribution is -2.40. The maximum Gasteiger partial charge on any atom is 0.240 e. The molecule has 1 N–H and O–H groups in total. The Morgan fingerprint density at radius 1 is 1.17 bits per heavy atom. The van der Waals surface area contributed by atoms with E-state index in [4.69, 9.17) is 11.6 Å². The van der Waals surface area contributed by atoms with Gasteiger partial charge in [-0.25, -0.2) is 17.2 Å². The number of thioether (sulfide) groups is 1. The lowest BCUT2D eigenvalue weighted by Gasteiger charge is -2.22. The van der Waals surface area contributed by atoms with Gasteiger partial charge in [-0.3, -0.25) is 9.10 Å². The molecule has 0 aliphatic rings. The summed E-state index contributed by atoms with van der Waals surface area (Å²) in [6.45, 7) is -0.152. The topological polar surface area (TPSA) is 66.5 Å². The number of sulfonamides is 1. The largest absolute Gasteiger partial charge is 0.354 e. The maximum atomic E-state index is 13.4. The van der Waals surface area contributed by atoms with Crippen molar-refractivity contribution in [3.8, 4) is 0 Å². The quantitative estimate of drug-likeness (QED) is 0.545. The normalized spacial score (nSPS) is 11.3. The van der Waals surface area contributed by atoms with E-state index in [1.165, 1.54) is 0 Å². The van der Waals surface area contributed by atoms with Crippen LogP contribution in [-0.2, 0) is 20.6 Å². The van der Waals surface area contributed by atoms with Crippen molar-refractivity contribution >= 4 is 45.0 Å².